The fourth-order valence-electron chi connectivity index (χ4n) is 4.20. The van der Waals surface area contributed by atoms with E-state index < -0.39 is 0 Å². The molecule has 0 aliphatic heterocycles. The molecule has 0 amide bonds. The van der Waals surface area contributed by atoms with Crippen molar-refractivity contribution in [1.29, 1.82) is 0 Å². The monoisotopic (exact) mass is 492 g/mol. The summed E-state index contributed by atoms with van der Waals surface area (Å²) >= 11 is 0. The third-order valence-corrected chi connectivity index (χ3v) is 6.30. The van der Waals surface area contributed by atoms with Crippen LogP contribution >= 0.6 is 0 Å². The SMILES string of the molecule is C=CC=C=C1C=C=CC=C/C1=C(/C)c1ccc(-c2cc(-c3ccccc3)nc(/C(=C/C=C\C)CC)n2)cc1. The molecular formula is C36H32N2. The molecule has 0 bridgehead atoms. The van der Waals surface area contributed by atoms with Crippen LogP contribution in [-0.4, -0.2) is 9.97 Å². The highest BCUT2D eigenvalue weighted by Gasteiger charge is 2.12. The van der Waals surface area contributed by atoms with Crippen LogP contribution < -0.4 is 0 Å². The molecule has 0 N–H and O–H groups in total. The Labute approximate surface area is 226 Å². The fourth-order valence-corrected chi connectivity index (χ4v) is 4.20. The lowest BCUT2D eigenvalue weighted by atomic mass is 9.94. The van der Waals surface area contributed by atoms with Crippen molar-refractivity contribution in [1.82, 2.24) is 9.97 Å². The van der Waals surface area contributed by atoms with Crippen LogP contribution in [0.4, 0.5) is 0 Å². The fraction of sp³-hybridized carbons (Fsp3) is 0.111. The predicted molar refractivity (Wildman–Crippen MR) is 162 cm³/mol. The molecule has 1 heterocycles. The Hall–Kier alpha value is -4.74. The van der Waals surface area contributed by atoms with Crippen molar-refractivity contribution in [3.63, 3.8) is 0 Å². The molecule has 1 aliphatic carbocycles. The minimum atomic E-state index is 0.760. The lowest BCUT2D eigenvalue weighted by molar-refractivity contribution is 1.08. The summed E-state index contributed by atoms with van der Waals surface area (Å²) in [6.45, 7) is 10.1. The van der Waals surface area contributed by atoms with Crippen molar-refractivity contribution in [2.75, 3.05) is 0 Å². The van der Waals surface area contributed by atoms with Gasteiger partial charge < -0.3 is 0 Å². The topological polar surface area (TPSA) is 25.8 Å². The van der Waals surface area contributed by atoms with Crippen LogP contribution in [0.3, 0.4) is 0 Å². The molecule has 2 nitrogen and oxygen atoms in total. The normalized spacial score (nSPS) is 14.4. The van der Waals surface area contributed by atoms with Crippen LogP contribution in [0.2, 0.25) is 0 Å². The van der Waals surface area contributed by atoms with Gasteiger partial charge in [0.1, 0.15) is 0 Å². The molecule has 0 unspecified atom stereocenters. The van der Waals surface area contributed by atoms with Gasteiger partial charge in [-0.3, -0.25) is 0 Å². The molecule has 1 aromatic heterocycles. The van der Waals surface area contributed by atoms with E-state index in [9.17, 15) is 0 Å². The van der Waals surface area contributed by atoms with Crippen LogP contribution in [-0.2, 0) is 0 Å². The summed E-state index contributed by atoms with van der Waals surface area (Å²) < 4.78 is 0. The Balaban J connectivity index is 1.80. The molecule has 0 fully saturated rings. The third-order valence-electron chi connectivity index (χ3n) is 6.30. The smallest absolute Gasteiger partial charge is 0.156 e. The molecule has 0 atom stereocenters. The van der Waals surface area contributed by atoms with E-state index in [0.717, 1.165) is 62.6 Å². The second-order valence-corrected chi connectivity index (χ2v) is 8.81. The van der Waals surface area contributed by atoms with Gasteiger partial charge in [0.05, 0.1) is 11.4 Å². The summed E-state index contributed by atoms with van der Waals surface area (Å²) in [6, 6.07) is 20.9. The minimum absolute atomic E-state index is 0.760. The van der Waals surface area contributed by atoms with E-state index in [4.69, 9.17) is 9.97 Å². The number of benzene rings is 2. The van der Waals surface area contributed by atoms with Gasteiger partial charge in [-0.2, -0.15) is 0 Å². The molecule has 0 radical (unpaired) electrons. The molecular weight excluding hydrogens is 460 g/mol. The van der Waals surface area contributed by atoms with Crippen molar-refractivity contribution < 1.29 is 0 Å². The first-order valence-corrected chi connectivity index (χ1v) is 12.9. The molecule has 186 valence electrons. The predicted octanol–water partition coefficient (Wildman–Crippen LogP) is 9.50. The minimum Gasteiger partial charge on any atom is -0.228 e. The number of nitrogens with zero attached hydrogens (tertiary/aromatic N) is 2. The van der Waals surface area contributed by atoms with Gasteiger partial charge in [0.2, 0.25) is 0 Å². The maximum atomic E-state index is 4.99. The molecule has 1 aliphatic rings. The maximum Gasteiger partial charge on any atom is 0.156 e. The largest absolute Gasteiger partial charge is 0.228 e. The van der Waals surface area contributed by atoms with Crippen molar-refractivity contribution in [3.05, 3.63) is 156 Å². The van der Waals surface area contributed by atoms with Gasteiger partial charge >= 0.3 is 0 Å². The maximum absolute atomic E-state index is 4.99. The van der Waals surface area contributed by atoms with Gasteiger partial charge in [0.25, 0.3) is 0 Å². The Morgan fingerprint density at radius 3 is 2.37 bits per heavy atom. The Morgan fingerprint density at radius 2 is 1.71 bits per heavy atom. The summed E-state index contributed by atoms with van der Waals surface area (Å²) in [5, 5.41) is 0. The van der Waals surface area contributed by atoms with Crippen molar-refractivity contribution in [2.45, 2.75) is 27.2 Å². The number of rotatable bonds is 7. The lowest BCUT2D eigenvalue weighted by Gasteiger charge is -2.12. The highest BCUT2D eigenvalue weighted by Crippen LogP contribution is 2.30. The number of allylic oxidation sites excluding steroid dienone is 11. The van der Waals surface area contributed by atoms with Gasteiger partial charge in [-0.25, -0.2) is 9.97 Å². The highest BCUT2D eigenvalue weighted by atomic mass is 14.9. The van der Waals surface area contributed by atoms with Crippen LogP contribution in [0, 0.1) is 0 Å². The first kappa shape index (κ1) is 26.3. The van der Waals surface area contributed by atoms with Crippen molar-refractivity contribution >= 4 is 11.1 Å². The van der Waals surface area contributed by atoms with E-state index in [1.54, 1.807) is 6.08 Å². The Kier molecular flexibility index (Phi) is 9.00. The van der Waals surface area contributed by atoms with Crippen LogP contribution in [0.5, 0.6) is 0 Å². The van der Waals surface area contributed by atoms with Crippen LogP contribution in [0.15, 0.2) is 145 Å². The van der Waals surface area contributed by atoms with E-state index in [1.807, 2.05) is 61.6 Å². The van der Waals surface area contributed by atoms with E-state index in [1.165, 1.54) is 0 Å². The lowest BCUT2D eigenvalue weighted by Crippen LogP contribution is -1.99. The molecule has 3 aromatic rings. The third kappa shape index (κ3) is 6.33. The first-order chi connectivity index (χ1) is 18.6. The second-order valence-electron chi connectivity index (χ2n) is 8.81. The number of hydrogen-bond acceptors (Lipinski definition) is 2. The van der Waals surface area contributed by atoms with Gasteiger partial charge in [0, 0.05) is 16.7 Å². The average Bonchev–Trinajstić information content (AvgIpc) is 3.22. The number of aromatic nitrogens is 2. The molecule has 0 saturated carbocycles. The summed E-state index contributed by atoms with van der Waals surface area (Å²) in [7, 11) is 0. The van der Waals surface area contributed by atoms with Gasteiger partial charge in [0.15, 0.2) is 5.82 Å². The molecule has 4 rings (SSSR count). The van der Waals surface area contributed by atoms with E-state index >= 15 is 0 Å². The molecule has 2 heteroatoms. The zero-order valence-electron chi connectivity index (χ0n) is 22.3. The van der Waals surface area contributed by atoms with Crippen LogP contribution in [0.25, 0.3) is 33.7 Å². The first-order valence-electron chi connectivity index (χ1n) is 12.9. The van der Waals surface area contributed by atoms with E-state index in [0.29, 0.717) is 0 Å². The molecule has 0 spiro atoms. The Bertz CT molecular complexity index is 1560. The standard InChI is InChI=1S/C36H32N2/c1-5-8-16-28(7-3)36-37-34(31-19-13-10-14-20-31)26-35(38-36)32-24-22-29(23-25-32)27(4)33-21-15-11-12-18-30(33)17-9-6-2/h5-6,8-11,13-16,18-26H,2,7H2,1,3-4H3/b8-5-,28-16+,33-27+. The zero-order valence-corrected chi connectivity index (χ0v) is 22.3. The van der Waals surface area contributed by atoms with E-state index in [2.05, 4.69) is 86.5 Å². The molecule has 38 heavy (non-hydrogen) atoms. The summed E-state index contributed by atoms with van der Waals surface area (Å²) in [4.78, 5) is 9.94. The quantitative estimate of drug-likeness (QED) is 0.242. The Morgan fingerprint density at radius 1 is 1.00 bits per heavy atom. The number of hydrogen-bond donors (Lipinski definition) is 0. The summed E-state index contributed by atoms with van der Waals surface area (Å²) in [5.74, 6) is 0.760. The second kappa shape index (κ2) is 13.0. The van der Waals surface area contributed by atoms with E-state index in [-0.39, 0.29) is 0 Å². The van der Waals surface area contributed by atoms with Crippen molar-refractivity contribution in [3.8, 4) is 22.5 Å². The van der Waals surface area contributed by atoms with Gasteiger partial charge in [-0.15, -0.1) is 11.5 Å². The zero-order chi connectivity index (χ0) is 26.7. The molecule has 2 aromatic carbocycles. The average molecular weight is 493 g/mol. The van der Waals surface area contributed by atoms with Gasteiger partial charge in [-0.1, -0.05) is 105 Å². The summed E-state index contributed by atoms with van der Waals surface area (Å²) in [5.41, 5.74) is 15.9. The van der Waals surface area contributed by atoms with Crippen molar-refractivity contribution in [2.24, 2.45) is 0 Å². The highest BCUT2D eigenvalue weighted by molar-refractivity contribution is 5.78. The summed E-state index contributed by atoms with van der Waals surface area (Å²) in [6.07, 6.45) is 18.5. The van der Waals surface area contributed by atoms with Crippen LogP contribution in [0.1, 0.15) is 38.6 Å². The molecule has 0 saturated heterocycles. The van der Waals surface area contributed by atoms with Gasteiger partial charge in [-0.05, 0) is 66.8 Å².